The van der Waals surface area contributed by atoms with Crippen LogP contribution in [0.3, 0.4) is 0 Å². The number of nitrogen functional groups attached to an aromatic ring is 1. The molecule has 0 bridgehead atoms. The van der Waals surface area contributed by atoms with Crippen LogP contribution in [0.2, 0.25) is 0 Å². The number of rotatable bonds is 2. The number of hydrogen-bond acceptors (Lipinski definition) is 3. The van der Waals surface area contributed by atoms with Crippen LogP contribution in [-0.2, 0) is 0 Å². The Kier molecular flexibility index (Phi) is 3.77. The molecule has 1 unspecified atom stereocenters. The van der Waals surface area contributed by atoms with E-state index < -0.39 is 0 Å². The van der Waals surface area contributed by atoms with E-state index in [9.17, 15) is 0 Å². The lowest BCUT2D eigenvalue weighted by Crippen LogP contribution is -2.34. The molecule has 0 radical (unpaired) electrons. The van der Waals surface area contributed by atoms with Gasteiger partial charge < -0.3 is 10.6 Å². The van der Waals surface area contributed by atoms with Gasteiger partial charge in [-0.15, -0.1) is 0 Å². The van der Waals surface area contributed by atoms with Gasteiger partial charge in [0.1, 0.15) is 0 Å². The van der Waals surface area contributed by atoms with Gasteiger partial charge in [0.25, 0.3) is 0 Å². The SMILES string of the molecule is CCC1CCCCCN1c1ccc2cnccc2c1N. The van der Waals surface area contributed by atoms with Crippen LogP contribution in [0.15, 0.2) is 30.6 Å². The van der Waals surface area contributed by atoms with Crippen molar-refractivity contribution in [1.29, 1.82) is 0 Å². The maximum Gasteiger partial charge on any atom is 0.0632 e. The van der Waals surface area contributed by atoms with Crippen molar-refractivity contribution in [2.24, 2.45) is 0 Å². The molecule has 106 valence electrons. The van der Waals surface area contributed by atoms with Gasteiger partial charge in [0, 0.05) is 35.8 Å². The summed E-state index contributed by atoms with van der Waals surface area (Å²) in [4.78, 5) is 6.70. The van der Waals surface area contributed by atoms with Gasteiger partial charge in [-0.3, -0.25) is 4.98 Å². The Morgan fingerprint density at radius 2 is 2.15 bits per heavy atom. The summed E-state index contributed by atoms with van der Waals surface area (Å²) < 4.78 is 0. The van der Waals surface area contributed by atoms with Gasteiger partial charge in [-0.25, -0.2) is 0 Å². The molecule has 1 atom stereocenters. The molecule has 1 fully saturated rings. The molecule has 1 aromatic carbocycles. The summed E-state index contributed by atoms with van der Waals surface area (Å²) in [5, 5.41) is 2.24. The Balaban J connectivity index is 2.05. The molecule has 1 aliphatic heterocycles. The van der Waals surface area contributed by atoms with Crippen LogP contribution in [0.5, 0.6) is 0 Å². The lowest BCUT2D eigenvalue weighted by Gasteiger charge is -2.32. The molecule has 0 amide bonds. The summed E-state index contributed by atoms with van der Waals surface area (Å²) in [6.45, 7) is 3.41. The summed E-state index contributed by atoms with van der Waals surface area (Å²) in [7, 11) is 0. The largest absolute Gasteiger partial charge is 0.397 e. The van der Waals surface area contributed by atoms with E-state index in [0.717, 1.165) is 23.0 Å². The molecule has 0 saturated carbocycles. The fraction of sp³-hybridized carbons (Fsp3) is 0.471. The summed E-state index contributed by atoms with van der Waals surface area (Å²) in [5.74, 6) is 0. The van der Waals surface area contributed by atoms with E-state index in [4.69, 9.17) is 5.73 Å². The molecule has 0 spiro atoms. The minimum Gasteiger partial charge on any atom is -0.397 e. The lowest BCUT2D eigenvalue weighted by molar-refractivity contribution is 0.557. The van der Waals surface area contributed by atoms with Crippen LogP contribution in [0.4, 0.5) is 11.4 Å². The zero-order valence-electron chi connectivity index (χ0n) is 12.2. The predicted octanol–water partition coefficient (Wildman–Crippen LogP) is 3.98. The van der Waals surface area contributed by atoms with E-state index in [0.29, 0.717) is 6.04 Å². The number of anilines is 2. The van der Waals surface area contributed by atoms with Crippen LogP contribution in [0, 0.1) is 0 Å². The van der Waals surface area contributed by atoms with E-state index >= 15 is 0 Å². The molecule has 2 N–H and O–H groups in total. The van der Waals surface area contributed by atoms with Crippen molar-refractivity contribution >= 4 is 22.1 Å². The normalized spacial score (nSPS) is 20.1. The van der Waals surface area contributed by atoms with E-state index in [-0.39, 0.29) is 0 Å². The fourth-order valence-corrected chi connectivity index (χ4v) is 3.35. The fourth-order valence-electron chi connectivity index (χ4n) is 3.35. The molecule has 0 aliphatic carbocycles. The molecular weight excluding hydrogens is 246 g/mol. The van der Waals surface area contributed by atoms with Crippen LogP contribution >= 0.6 is 0 Å². The molecular formula is C17H23N3. The molecule has 3 heteroatoms. The van der Waals surface area contributed by atoms with E-state index in [1.807, 2.05) is 18.5 Å². The summed E-state index contributed by atoms with van der Waals surface area (Å²) >= 11 is 0. The summed E-state index contributed by atoms with van der Waals surface area (Å²) in [6.07, 6.45) is 10.1. The Bertz CT molecular complexity index is 594. The number of aromatic nitrogens is 1. The van der Waals surface area contributed by atoms with Gasteiger partial charge in [-0.2, -0.15) is 0 Å². The number of pyridine rings is 1. The lowest BCUT2D eigenvalue weighted by atomic mass is 10.0. The highest BCUT2D eigenvalue weighted by Crippen LogP contribution is 2.34. The zero-order valence-corrected chi connectivity index (χ0v) is 12.2. The third-order valence-electron chi connectivity index (χ3n) is 4.50. The van der Waals surface area contributed by atoms with Crippen LogP contribution in [0.25, 0.3) is 10.8 Å². The molecule has 3 rings (SSSR count). The minimum atomic E-state index is 0.624. The van der Waals surface area contributed by atoms with E-state index in [1.165, 1.54) is 37.8 Å². The second-order valence-electron chi connectivity index (χ2n) is 5.70. The first-order chi connectivity index (χ1) is 9.81. The molecule has 3 nitrogen and oxygen atoms in total. The second-order valence-corrected chi connectivity index (χ2v) is 5.70. The monoisotopic (exact) mass is 269 g/mol. The third kappa shape index (κ3) is 2.33. The van der Waals surface area contributed by atoms with Gasteiger partial charge in [0.15, 0.2) is 0 Å². The first-order valence-electron chi connectivity index (χ1n) is 7.70. The first-order valence-corrected chi connectivity index (χ1v) is 7.70. The van der Waals surface area contributed by atoms with Crippen molar-refractivity contribution in [3.8, 4) is 0 Å². The zero-order chi connectivity index (χ0) is 13.9. The van der Waals surface area contributed by atoms with Gasteiger partial charge in [0.2, 0.25) is 0 Å². The maximum absolute atomic E-state index is 6.45. The minimum absolute atomic E-state index is 0.624. The number of hydrogen-bond donors (Lipinski definition) is 1. The highest BCUT2D eigenvalue weighted by atomic mass is 15.2. The van der Waals surface area contributed by atoms with Crippen molar-refractivity contribution < 1.29 is 0 Å². The molecule has 1 saturated heterocycles. The van der Waals surface area contributed by atoms with Gasteiger partial charge in [-0.05, 0) is 31.4 Å². The smallest absolute Gasteiger partial charge is 0.0632 e. The van der Waals surface area contributed by atoms with Gasteiger partial charge >= 0.3 is 0 Å². The summed E-state index contributed by atoms with van der Waals surface area (Å²) in [6, 6.07) is 6.96. The number of nitrogens with zero attached hydrogens (tertiary/aromatic N) is 2. The van der Waals surface area contributed by atoms with Gasteiger partial charge in [0.05, 0.1) is 11.4 Å². The molecule has 2 heterocycles. The average molecular weight is 269 g/mol. The maximum atomic E-state index is 6.45. The molecule has 20 heavy (non-hydrogen) atoms. The van der Waals surface area contributed by atoms with E-state index in [2.05, 4.69) is 28.9 Å². The molecule has 2 aromatic rings. The Morgan fingerprint density at radius 1 is 1.25 bits per heavy atom. The number of benzene rings is 1. The quantitative estimate of drug-likeness (QED) is 0.839. The van der Waals surface area contributed by atoms with Crippen molar-refractivity contribution in [3.63, 3.8) is 0 Å². The average Bonchev–Trinajstić information content (AvgIpc) is 2.73. The van der Waals surface area contributed by atoms with Crippen molar-refractivity contribution in [1.82, 2.24) is 4.98 Å². The highest BCUT2D eigenvalue weighted by Gasteiger charge is 2.21. The molecule has 1 aliphatic rings. The first kappa shape index (κ1) is 13.2. The van der Waals surface area contributed by atoms with Crippen molar-refractivity contribution in [3.05, 3.63) is 30.6 Å². The highest BCUT2D eigenvalue weighted by molar-refractivity contribution is 5.98. The van der Waals surface area contributed by atoms with Crippen molar-refractivity contribution in [2.75, 3.05) is 17.2 Å². The standard InChI is InChI=1S/C17H23N3/c1-2-14-6-4-3-5-11-20(14)16-8-7-13-12-19-10-9-15(13)17(16)18/h7-10,12,14H,2-6,11,18H2,1H3. The topological polar surface area (TPSA) is 42.2 Å². The van der Waals surface area contributed by atoms with Crippen LogP contribution in [-0.4, -0.2) is 17.6 Å². The van der Waals surface area contributed by atoms with Crippen molar-refractivity contribution in [2.45, 2.75) is 45.1 Å². The number of nitrogens with two attached hydrogens (primary N) is 1. The second kappa shape index (κ2) is 5.70. The Hall–Kier alpha value is -1.77. The Morgan fingerprint density at radius 3 is 3.00 bits per heavy atom. The molecule has 1 aromatic heterocycles. The third-order valence-corrected chi connectivity index (χ3v) is 4.50. The number of fused-ring (bicyclic) bond motifs is 1. The van der Waals surface area contributed by atoms with Gasteiger partial charge in [-0.1, -0.05) is 25.8 Å². The summed E-state index contributed by atoms with van der Waals surface area (Å²) in [5.41, 5.74) is 8.56. The van der Waals surface area contributed by atoms with Crippen LogP contribution < -0.4 is 10.6 Å². The predicted molar refractivity (Wildman–Crippen MR) is 86.0 cm³/mol. The van der Waals surface area contributed by atoms with Crippen LogP contribution in [0.1, 0.15) is 39.0 Å². The van der Waals surface area contributed by atoms with E-state index in [1.54, 1.807) is 0 Å². The Labute approximate surface area is 120 Å².